The van der Waals surface area contributed by atoms with E-state index in [-0.39, 0.29) is 11.4 Å². The van der Waals surface area contributed by atoms with Gasteiger partial charge in [-0.25, -0.2) is 4.79 Å². The maximum Gasteiger partial charge on any atom is 0.435 e. The average molecular weight is 240 g/mol. The number of aromatic nitrogens is 2. The monoisotopic (exact) mass is 240 g/mol. The van der Waals surface area contributed by atoms with Gasteiger partial charge in [0.15, 0.2) is 5.69 Å². The highest BCUT2D eigenvalue weighted by Crippen LogP contribution is 2.15. The molecule has 2 rings (SSSR count). The maximum atomic E-state index is 11.6. The fraction of sp³-hybridized carbons (Fsp3) is 0.556. The van der Waals surface area contributed by atoms with Crippen molar-refractivity contribution in [2.75, 3.05) is 13.1 Å². The smallest absolute Gasteiger partial charge is 0.306 e. The van der Waals surface area contributed by atoms with E-state index in [1.54, 1.807) is 4.90 Å². The van der Waals surface area contributed by atoms with E-state index in [4.69, 9.17) is 4.84 Å². The van der Waals surface area contributed by atoms with Crippen LogP contribution in [0, 0.1) is 17.0 Å². The minimum absolute atomic E-state index is 0.167. The summed E-state index contributed by atoms with van der Waals surface area (Å²) in [6, 6.07) is 0. The molecule has 1 aromatic heterocycles. The number of likely N-dealkylation sites (tertiary alicyclic amines) is 1. The standard InChI is InChI=1S/C9H12N4O4/c1-7-8(13(15)16)6-10-12(7)17-9(14)11-4-2-3-5-11/h6H,2-5H2,1H3. The van der Waals surface area contributed by atoms with E-state index in [9.17, 15) is 14.9 Å². The van der Waals surface area contributed by atoms with Gasteiger partial charge in [0.1, 0.15) is 6.20 Å². The highest BCUT2D eigenvalue weighted by molar-refractivity contribution is 5.68. The number of rotatable bonds is 2. The van der Waals surface area contributed by atoms with Crippen LogP contribution >= 0.6 is 0 Å². The van der Waals surface area contributed by atoms with Crippen molar-refractivity contribution < 1.29 is 14.6 Å². The SMILES string of the molecule is Cc1c([N+](=O)[O-])cnn1OC(=O)N1CCCC1. The molecule has 1 fully saturated rings. The Balaban J connectivity index is 2.08. The van der Waals surface area contributed by atoms with Crippen LogP contribution in [0.3, 0.4) is 0 Å². The molecule has 0 radical (unpaired) electrons. The van der Waals surface area contributed by atoms with Crippen LogP contribution < -0.4 is 4.84 Å². The number of hydrogen-bond donors (Lipinski definition) is 0. The topological polar surface area (TPSA) is 90.5 Å². The van der Waals surface area contributed by atoms with Gasteiger partial charge in [0, 0.05) is 13.1 Å². The number of carbonyl (C=O) groups is 1. The Morgan fingerprint density at radius 3 is 2.71 bits per heavy atom. The van der Waals surface area contributed by atoms with E-state index in [0.29, 0.717) is 13.1 Å². The Bertz CT molecular complexity index is 450. The molecular weight excluding hydrogens is 228 g/mol. The summed E-state index contributed by atoms with van der Waals surface area (Å²) in [6.07, 6.45) is 2.44. The van der Waals surface area contributed by atoms with Crippen molar-refractivity contribution in [3.8, 4) is 0 Å². The lowest BCUT2D eigenvalue weighted by molar-refractivity contribution is -0.385. The highest BCUT2D eigenvalue weighted by Gasteiger charge is 2.23. The van der Waals surface area contributed by atoms with E-state index in [2.05, 4.69) is 5.10 Å². The average Bonchev–Trinajstić information content (AvgIpc) is 2.89. The van der Waals surface area contributed by atoms with E-state index in [1.165, 1.54) is 6.92 Å². The summed E-state index contributed by atoms with van der Waals surface area (Å²) in [5.41, 5.74) is 0.0294. The molecule has 1 aliphatic heterocycles. The maximum absolute atomic E-state index is 11.6. The normalized spacial score (nSPS) is 15.0. The van der Waals surface area contributed by atoms with Crippen molar-refractivity contribution in [3.63, 3.8) is 0 Å². The lowest BCUT2D eigenvalue weighted by Crippen LogP contribution is -2.35. The largest absolute Gasteiger partial charge is 0.435 e. The third-order valence-corrected chi connectivity index (χ3v) is 2.67. The van der Waals surface area contributed by atoms with Crippen LogP contribution in [0.5, 0.6) is 0 Å². The molecule has 0 unspecified atom stereocenters. The quantitative estimate of drug-likeness (QED) is 0.561. The molecule has 1 aliphatic rings. The first-order valence-electron chi connectivity index (χ1n) is 5.26. The zero-order chi connectivity index (χ0) is 12.4. The van der Waals surface area contributed by atoms with Gasteiger partial charge in [-0.05, 0) is 19.8 Å². The van der Waals surface area contributed by atoms with Gasteiger partial charge < -0.3 is 4.90 Å². The zero-order valence-corrected chi connectivity index (χ0v) is 9.33. The van der Waals surface area contributed by atoms with Crippen LogP contribution in [0.2, 0.25) is 0 Å². The first-order valence-corrected chi connectivity index (χ1v) is 5.26. The Labute approximate surface area is 96.9 Å². The van der Waals surface area contributed by atoms with Gasteiger partial charge in [0.25, 0.3) is 0 Å². The summed E-state index contributed by atoms with van der Waals surface area (Å²) in [6.45, 7) is 2.78. The lowest BCUT2D eigenvalue weighted by atomic mass is 10.4. The zero-order valence-electron chi connectivity index (χ0n) is 9.33. The second-order valence-corrected chi connectivity index (χ2v) is 3.80. The van der Waals surface area contributed by atoms with Gasteiger partial charge in [0.2, 0.25) is 0 Å². The van der Waals surface area contributed by atoms with Gasteiger partial charge >= 0.3 is 11.8 Å². The molecule has 1 aromatic rings. The summed E-state index contributed by atoms with van der Waals surface area (Å²) in [4.78, 5) is 29.0. The summed E-state index contributed by atoms with van der Waals surface area (Å²) in [5, 5.41) is 14.2. The molecule has 1 saturated heterocycles. The lowest BCUT2D eigenvalue weighted by Gasteiger charge is -2.14. The molecule has 0 aliphatic carbocycles. The van der Waals surface area contributed by atoms with Gasteiger partial charge in [-0.2, -0.15) is 0 Å². The van der Waals surface area contributed by atoms with Crippen LogP contribution in [-0.2, 0) is 0 Å². The van der Waals surface area contributed by atoms with Gasteiger partial charge in [-0.3, -0.25) is 15.0 Å². The molecule has 0 N–H and O–H groups in total. The molecule has 1 amide bonds. The summed E-state index contributed by atoms with van der Waals surface area (Å²) < 4.78 is 0. The predicted molar refractivity (Wildman–Crippen MR) is 56.4 cm³/mol. The molecule has 0 atom stereocenters. The molecule has 2 heterocycles. The Hall–Kier alpha value is -2.12. The van der Waals surface area contributed by atoms with Crippen molar-refractivity contribution in [1.29, 1.82) is 0 Å². The summed E-state index contributed by atoms with van der Waals surface area (Å²) in [5.74, 6) is 0. The number of carbonyl (C=O) groups excluding carboxylic acids is 1. The van der Waals surface area contributed by atoms with E-state index < -0.39 is 11.0 Å². The highest BCUT2D eigenvalue weighted by atomic mass is 16.7. The first kappa shape index (κ1) is 11.4. The molecule has 8 nitrogen and oxygen atoms in total. The van der Waals surface area contributed by atoms with Crippen LogP contribution in [0.15, 0.2) is 6.20 Å². The Morgan fingerprint density at radius 1 is 1.53 bits per heavy atom. The molecule has 17 heavy (non-hydrogen) atoms. The van der Waals surface area contributed by atoms with Gasteiger partial charge in [0.05, 0.1) is 4.92 Å². The molecule has 0 bridgehead atoms. The number of nitro groups is 1. The van der Waals surface area contributed by atoms with Gasteiger partial charge in [-0.1, -0.05) is 4.85 Å². The van der Waals surface area contributed by atoms with Crippen molar-refractivity contribution in [3.05, 3.63) is 22.0 Å². The molecule has 92 valence electrons. The Kier molecular flexibility index (Phi) is 2.94. The third-order valence-electron chi connectivity index (χ3n) is 2.67. The summed E-state index contributed by atoms with van der Waals surface area (Å²) in [7, 11) is 0. The first-order chi connectivity index (χ1) is 8.09. The van der Waals surface area contributed by atoms with Crippen molar-refractivity contribution in [2.45, 2.75) is 19.8 Å². The second kappa shape index (κ2) is 4.40. The molecule has 0 aromatic carbocycles. The van der Waals surface area contributed by atoms with Crippen molar-refractivity contribution >= 4 is 11.8 Å². The van der Waals surface area contributed by atoms with E-state index in [0.717, 1.165) is 23.9 Å². The number of nitrogens with zero attached hydrogens (tertiary/aromatic N) is 4. The Morgan fingerprint density at radius 2 is 2.18 bits per heavy atom. The molecular formula is C9H12N4O4. The number of hydrogen-bond acceptors (Lipinski definition) is 5. The third kappa shape index (κ3) is 2.19. The van der Waals surface area contributed by atoms with Crippen LogP contribution in [0.1, 0.15) is 18.5 Å². The van der Waals surface area contributed by atoms with Crippen molar-refractivity contribution in [2.24, 2.45) is 0 Å². The minimum Gasteiger partial charge on any atom is -0.306 e. The van der Waals surface area contributed by atoms with E-state index >= 15 is 0 Å². The second-order valence-electron chi connectivity index (χ2n) is 3.80. The van der Waals surface area contributed by atoms with Crippen LogP contribution in [-0.4, -0.2) is 38.9 Å². The van der Waals surface area contributed by atoms with Gasteiger partial charge in [-0.15, -0.1) is 5.10 Å². The van der Waals surface area contributed by atoms with Crippen molar-refractivity contribution in [1.82, 2.24) is 14.8 Å². The molecule has 8 heteroatoms. The molecule has 0 saturated carbocycles. The van der Waals surface area contributed by atoms with Crippen LogP contribution in [0.4, 0.5) is 10.5 Å². The van der Waals surface area contributed by atoms with Crippen LogP contribution in [0.25, 0.3) is 0 Å². The number of amides is 1. The van der Waals surface area contributed by atoms with E-state index in [1.807, 2.05) is 0 Å². The molecule has 0 spiro atoms. The minimum atomic E-state index is -0.567. The summed E-state index contributed by atoms with van der Waals surface area (Å²) >= 11 is 0. The fourth-order valence-corrected chi connectivity index (χ4v) is 1.69. The predicted octanol–water partition coefficient (Wildman–Crippen LogP) is 0.744. The fourth-order valence-electron chi connectivity index (χ4n) is 1.69.